The molecular weight excluding hydrogens is 320 g/mol. The Morgan fingerprint density at radius 2 is 1.83 bits per heavy atom. The first-order valence-corrected chi connectivity index (χ1v) is 8.19. The largest absolute Gasteiger partial charge is 0.340 e. The minimum Gasteiger partial charge on any atom is -0.340 e. The van der Waals surface area contributed by atoms with Gasteiger partial charge in [0.15, 0.2) is 0 Å². The smallest absolute Gasteiger partial charge is 0.227 e. The number of nitrogens with two attached hydrogens (primary N) is 1. The van der Waals surface area contributed by atoms with Crippen LogP contribution in [0, 0.1) is 13.8 Å². The van der Waals surface area contributed by atoms with Crippen molar-refractivity contribution >= 4 is 18.3 Å². The molecule has 3 nitrogen and oxygen atoms in total. The van der Waals surface area contributed by atoms with E-state index in [1.165, 1.54) is 16.7 Å². The summed E-state index contributed by atoms with van der Waals surface area (Å²) in [7, 11) is 0. The van der Waals surface area contributed by atoms with Crippen molar-refractivity contribution in [3.63, 3.8) is 0 Å². The fraction of sp³-hybridized carbons (Fsp3) is 0.350. The lowest BCUT2D eigenvalue weighted by molar-refractivity contribution is -0.129. The lowest BCUT2D eigenvalue weighted by Crippen LogP contribution is -2.33. The third kappa shape index (κ3) is 3.97. The minimum atomic E-state index is 0. The fourth-order valence-corrected chi connectivity index (χ4v) is 3.35. The molecule has 0 bridgehead atoms. The molecule has 1 amide bonds. The molecule has 2 aromatic rings. The highest BCUT2D eigenvalue weighted by molar-refractivity contribution is 5.85. The van der Waals surface area contributed by atoms with E-state index in [0.717, 1.165) is 12.1 Å². The van der Waals surface area contributed by atoms with Crippen LogP contribution in [0.25, 0.3) is 0 Å². The second-order valence-corrected chi connectivity index (χ2v) is 6.59. The zero-order valence-electron chi connectivity index (χ0n) is 14.2. The fourth-order valence-electron chi connectivity index (χ4n) is 3.35. The number of aryl methyl sites for hydroxylation is 2. The van der Waals surface area contributed by atoms with Gasteiger partial charge in [-0.15, -0.1) is 12.4 Å². The molecule has 0 aliphatic carbocycles. The van der Waals surface area contributed by atoms with E-state index in [0.29, 0.717) is 13.0 Å². The third-order valence-corrected chi connectivity index (χ3v) is 4.79. The van der Waals surface area contributed by atoms with Gasteiger partial charge in [-0.3, -0.25) is 4.79 Å². The number of hydrogen-bond donors (Lipinski definition) is 1. The zero-order chi connectivity index (χ0) is 16.4. The first kappa shape index (κ1) is 18.5. The Morgan fingerprint density at radius 3 is 2.54 bits per heavy atom. The minimum absolute atomic E-state index is 0. The molecule has 128 valence electrons. The van der Waals surface area contributed by atoms with Crippen molar-refractivity contribution in [3.8, 4) is 0 Å². The Bertz CT molecular complexity index is 702. The van der Waals surface area contributed by atoms with Crippen molar-refractivity contribution in [2.24, 2.45) is 5.73 Å². The summed E-state index contributed by atoms with van der Waals surface area (Å²) >= 11 is 0. The number of hydrogen-bond acceptors (Lipinski definition) is 2. The van der Waals surface area contributed by atoms with Gasteiger partial charge < -0.3 is 10.6 Å². The summed E-state index contributed by atoms with van der Waals surface area (Å²) in [6.07, 6.45) is 0.460. The van der Waals surface area contributed by atoms with Crippen LogP contribution in [-0.2, 0) is 11.2 Å². The third-order valence-electron chi connectivity index (χ3n) is 4.79. The molecule has 1 fully saturated rings. The number of benzene rings is 2. The molecule has 1 aliphatic rings. The first-order valence-electron chi connectivity index (χ1n) is 8.19. The van der Waals surface area contributed by atoms with E-state index in [2.05, 4.69) is 44.2 Å². The summed E-state index contributed by atoms with van der Waals surface area (Å²) in [6, 6.07) is 16.6. The van der Waals surface area contributed by atoms with Gasteiger partial charge in [-0.05, 0) is 30.5 Å². The standard InChI is InChI=1S/C20H24N2O.ClH/c1-14-8-9-15(2)17(10-14)11-20(23)22-12-18(19(21)13-22)16-6-4-3-5-7-16;/h3-10,18-19H,11-13,21H2,1-2H3;1H/t18-,19+;/m0./s1. The number of amides is 1. The predicted molar refractivity (Wildman–Crippen MR) is 101 cm³/mol. The number of likely N-dealkylation sites (tertiary alicyclic amines) is 1. The molecule has 0 spiro atoms. The topological polar surface area (TPSA) is 46.3 Å². The van der Waals surface area contributed by atoms with Gasteiger partial charge in [0, 0.05) is 25.0 Å². The average Bonchev–Trinajstić information content (AvgIpc) is 2.94. The van der Waals surface area contributed by atoms with Gasteiger partial charge in [-0.1, -0.05) is 54.1 Å². The van der Waals surface area contributed by atoms with Crippen LogP contribution in [0.5, 0.6) is 0 Å². The Morgan fingerprint density at radius 1 is 1.12 bits per heavy atom. The summed E-state index contributed by atoms with van der Waals surface area (Å²) < 4.78 is 0. The lowest BCUT2D eigenvalue weighted by atomic mass is 9.95. The van der Waals surface area contributed by atoms with Gasteiger partial charge in [-0.2, -0.15) is 0 Å². The van der Waals surface area contributed by atoms with Crippen LogP contribution in [0.4, 0.5) is 0 Å². The number of carbonyl (C=O) groups is 1. The summed E-state index contributed by atoms with van der Waals surface area (Å²) in [5.41, 5.74) is 11.0. The summed E-state index contributed by atoms with van der Waals surface area (Å²) in [5.74, 6) is 0.409. The molecule has 0 radical (unpaired) electrons. The molecule has 0 aromatic heterocycles. The first-order chi connectivity index (χ1) is 11.0. The number of carbonyl (C=O) groups excluding carboxylic acids is 1. The molecule has 1 aliphatic heterocycles. The summed E-state index contributed by atoms with van der Waals surface area (Å²) in [5, 5.41) is 0. The monoisotopic (exact) mass is 344 g/mol. The van der Waals surface area contributed by atoms with Crippen molar-refractivity contribution < 1.29 is 4.79 Å². The van der Waals surface area contributed by atoms with Crippen LogP contribution in [0.3, 0.4) is 0 Å². The Labute approximate surface area is 150 Å². The van der Waals surface area contributed by atoms with Gasteiger partial charge in [0.25, 0.3) is 0 Å². The van der Waals surface area contributed by atoms with E-state index < -0.39 is 0 Å². The maximum atomic E-state index is 12.7. The van der Waals surface area contributed by atoms with Crippen molar-refractivity contribution in [2.45, 2.75) is 32.2 Å². The van der Waals surface area contributed by atoms with E-state index in [9.17, 15) is 4.79 Å². The van der Waals surface area contributed by atoms with Crippen molar-refractivity contribution in [1.29, 1.82) is 0 Å². The quantitative estimate of drug-likeness (QED) is 0.929. The van der Waals surface area contributed by atoms with Gasteiger partial charge >= 0.3 is 0 Å². The lowest BCUT2D eigenvalue weighted by Gasteiger charge is -2.17. The van der Waals surface area contributed by atoms with Crippen LogP contribution in [0.15, 0.2) is 48.5 Å². The molecule has 0 saturated carbocycles. The van der Waals surface area contributed by atoms with Crippen molar-refractivity contribution in [2.75, 3.05) is 13.1 Å². The SMILES string of the molecule is Cc1ccc(C)c(CC(=O)N2C[C@@H](N)[C@H](c3ccccc3)C2)c1.Cl. The van der Waals surface area contributed by atoms with E-state index in [1.54, 1.807) is 0 Å². The van der Waals surface area contributed by atoms with E-state index >= 15 is 0 Å². The van der Waals surface area contributed by atoms with E-state index in [1.807, 2.05) is 23.1 Å². The van der Waals surface area contributed by atoms with E-state index in [-0.39, 0.29) is 30.3 Å². The van der Waals surface area contributed by atoms with Crippen LogP contribution in [0.2, 0.25) is 0 Å². The average molecular weight is 345 g/mol. The molecular formula is C20H25ClN2O. The molecule has 2 atom stereocenters. The van der Waals surface area contributed by atoms with E-state index in [4.69, 9.17) is 5.73 Å². The molecule has 1 saturated heterocycles. The van der Waals surface area contributed by atoms with Gasteiger partial charge in [0.2, 0.25) is 5.91 Å². The molecule has 1 heterocycles. The maximum Gasteiger partial charge on any atom is 0.227 e. The number of halogens is 1. The van der Waals surface area contributed by atoms with Crippen LogP contribution in [-0.4, -0.2) is 29.9 Å². The van der Waals surface area contributed by atoms with Crippen molar-refractivity contribution in [3.05, 3.63) is 70.8 Å². The van der Waals surface area contributed by atoms with Crippen LogP contribution >= 0.6 is 12.4 Å². The Balaban J connectivity index is 0.00000208. The molecule has 3 rings (SSSR count). The zero-order valence-corrected chi connectivity index (χ0v) is 15.1. The van der Waals surface area contributed by atoms with Crippen molar-refractivity contribution in [1.82, 2.24) is 4.90 Å². The molecule has 4 heteroatoms. The summed E-state index contributed by atoms with van der Waals surface area (Å²) in [4.78, 5) is 14.6. The molecule has 2 N–H and O–H groups in total. The number of nitrogens with zero attached hydrogens (tertiary/aromatic N) is 1. The second-order valence-electron chi connectivity index (χ2n) is 6.59. The number of rotatable bonds is 3. The van der Waals surface area contributed by atoms with Crippen LogP contribution in [0.1, 0.15) is 28.2 Å². The van der Waals surface area contributed by atoms with Gasteiger partial charge in [0.1, 0.15) is 0 Å². The molecule has 2 aromatic carbocycles. The Hall–Kier alpha value is -1.84. The molecule has 24 heavy (non-hydrogen) atoms. The van der Waals surface area contributed by atoms with Gasteiger partial charge in [-0.25, -0.2) is 0 Å². The summed E-state index contributed by atoms with van der Waals surface area (Å²) in [6.45, 7) is 5.48. The molecule has 0 unspecified atom stereocenters. The second kappa shape index (κ2) is 7.82. The normalized spacial score (nSPS) is 19.9. The Kier molecular flexibility index (Phi) is 6.03. The highest BCUT2D eigenvalue weighted by Crippen LogP contribution is 2.27. The highest BCUT2D eigenvalue weighted by atomic mass is 35.5. The predicted octanol–water partition coefficient (Wildman–Crippen LogP) is 3.22. The van der Waals surface area contributed by atoms with Crippen LogP contribution < -0.4 is 5.73 Å². The van der Waals surface area contributed by atoms with Gasteiger partial charge in [0.05, 0.1) is 6.42 Å². The maximum absolute atomic E-state index is 12.7. The highest BCUT2D eigenvalue weighted by Gasteiger charge is 2.33.